The van der Waals surface area contributed by atoms with Gasteiger partial charge in [0, 0.05) is 16.0 Å². The number of halogens is 2. The topological polar surface area (TPSA) is 49.8 Å². The lowest BCUT2D eigenvalue weighted by Crippen LogP contribution is -2.09. The van der Waals surface area contributed by atoms with Gasteiger partial charge in [-0.05, 0) is 48.7 Å². The number of nitrogens with one attached hydrogen (secondary N) is 2. The predicted octanol–water partition coefficient (Wildman–Crippen LogP) is 6.40. The summed E-state index contributed by atoms with van der Waals surface area (Å²) in [7, 11) is 0. The summed E-state index contributed by atoms with van der Waals surface area (Å²) in [5, 5.41) is 9.60. The van der Waals surface area contributed by atoms with Crippen molar-refractivity contribution < 1.29 is 4.39 Å². The first-order chi connectivity index (χ1) is 13.1. The second-order valence-electron chi connectivity index (χ2n) is 6.05. The van der Waals surface area contributed by atoms with Gasteiger partial charge in [-0.25, -0.2) is 9.37 Å². The van der Waals surface area contributed by atoms with E-state index in [1.165, 1.54) is 17.0 Å². The average Bonchev–Trinajstić information content (AvgIpc) is 3.20. The van der Waals surface area contributed by atoms with E-state index in [9.17, 15) is 4.39 Å². The zero-order valence-corrected chi connectivity index (χ0v) is 16.0. The number of rotatable bonds is 5. The van der Waals surface area contributed by atoms with Crippen molar-refractivity contribution in [1.82, 2.24) is 9.97 Å². The number of aromatic nitrogens is 2. The molecule has 0 aliphatic rings. The zero-order valence-electron chi connectivity index (χ0n) is 14.4. The molecule has 0 saturated carbocycles. The van der Waals surface area contributed by atoms with Crippen LogP contribution in [0.5, 0.6) is 0 Å². The van der Waals surface area contributed by atoms with Gasteiger partial charge in [0.2, 0.25) is 5.95 Å². The van der Waals surface area contributed by atoms with Crippen molar-refractivity contribution in [1.29, 1.82) is 0 Å². The number of thiophene rings is 1. The SMILES string of the molecule is CC(Nc1nc(Nc2ccc(F)c(Cl)c2)nc2ccccc12)c1cccs1. The van der Waals surface area contributed by atoms with E-state index in [0.717, 1.165) is 16.7 Å². The summed E-state index contributed by atoms with van der Waals surface area (Å²) in [6.45, 7) is 2.09. The summed E-state index contributed by atoms with van der Waals surface area (Å²) in [6, 6.07) is 16.4. The van der Waals surface area contributed by atoms with E-state index in [0.29, 0.717) is 11.6 Å². The number of hydrogen-bond acceptors (Lipinski definition) is 5. The summed E-state index contributed by atoms with van der Waals surface area (Å²) in [5.41, 5.74) is 1.43. The van der Waals surface area contributed by atoms with Crippen LogP contribution in [0.15, 0.2) is 60.0 Å². The lowest BCUT2D eigenvalue weighted by molar-refractivity contribution is 0.628. The van der Waals surface area contributed by atoms with Crippen molar-refractivity contribution in [3.05, 3.63) is 75.7 Å². The Balaban J connectivity index is 1.70. The molecule has 0 amide bonds. The number of hydrogen-bond donors (Lipinski definition) is 2. The van der Waals surface area contributed by atoms with E-state index < -0.39 is 5.82 Å². The van der Waals surface area contributed by atoms with E-state index in [1.54, 1.807) is 17.4 Å². The van der Waals surface area contributed by atoms with Gasteiger partial charge >= 0.3 is 0 Å². The van der Waals surface area contributed by atoms with Crippen LogP contribution < -0.4 is 10.6 Å². The Morgan fingerprint density at radius 2 is 1.93 bits per heavy atom. The normalized spacial score (nSPS) is 12.1. The standard InChI is InChI=1S/C20H16ClFN4S/c1-12(18-7-4-10-27-18)23-19-14-5-2-3-6-17(14)25-20(26-19)24-13-8-9-16(22)15(21)11-13/h2-12H,1H3,(H2,23,24,25,26). The maximum atomic E-state index is 13.4. The second kappa shape index (κ2) is 7.50. The molecule has 0 saturated heterocycles. The highest BCUT2D eigenvalue weighted by atomic mass is 35.5. The lowest BCUT2D eigenvalue weighted by Gasteiger charge is -2.16. The van der Waals surface area contributed by atoms with Gasteiger partial charge in [-0.15, -0.1) is 11.3 Å². The van der Waals surface area contributed by atoms with Gasteiger partial charge in [0.25, 0.3) is 0 Å². The average molecular weight is 399 g/mol. The smallest absolute Gasteiger partial charge is 0.229 e. The monoisotopic (exact) mass is 398 g/mol. The Labute approximate surface area is 165 Å². The third-order valence-electron chi connectivity index (χ3n) is 4.10. The van der Waals surface area contributed by atoms with E-state index in [1.807, 2.05) is 30.3 Å². The molecule has 0 fully saturated rings. The molecule has 2 heterocycles. The van der Waals surface area contributed by atoms with Gasteiger partial charge in [-0.3, -0.25) is 0 Å². The summed E-state index contributed by atoms with van der Waals surface area (Å²) >= 11 is 7.56. The summed E-state index contributed by atoms with van der Waals surface area (Å²) in [4.78, 5) is 10.4. The van der Waals surface area contributed by atoms with Crippen LogP contribution in [0.4, 0.5) is 21.8 Å². The first-order valence-corrected chi connectivity index (χ1v) is 9.65. The van der Waals surface area contributed by atoms with Crippen LogP contribution in [0.2, 0.25) is 5.02 Å². The van der Waals surface area contributed by atoms with Crippen molar-refractivity contribution in [2.45, 2.75) is 13.0 Å². The summed E-state index contributed by atoms with van der Waals surface area (Å²) in [5.74, 6) is 0.684. The lowest BCUT2D eigenvalue weighted by atomic mass is 10.2. The van der Waals surface area contributed by atoms with Gasteiger partial charge in [0.1, 0.15) is 11.6 Å². The molecule has 27 heavy (non-hydrogen) atoms. The van der Waals surface area contributed by atoms with Crippen LogP contribution in [0.3, 0.4) is 0 Å². The molecule has 2 aromatic carbocycles. The maximum absolute atomic E-state index is 13.4. The molecule has 0 aliphatic carbocycles. The first-order valence-electron chi connectivity index (χ1n) is 8.39. The number of anilines is 3. The highest BCUT2D eigenvalue weighted by molar-refractivity contribution is 7.10. The fourth-order valence-electron chi connectivity index (χ4n) is 2.76. The highest BCUT2D eigenvalue weighted by Gasteiger charge is 2.13. The molecule has 7 heteroatoms. The third kappa shape index (κ3) is 3.86. The van der Waals surface area contributed by atoms with E-state index in [-0.39, 0.29) is 11.1 Å². The van der Waals surface area contributed by atoms with Crippen LogP contribution in [-0.4, -0.2) is 9.97 Å². The van der Waals surface area contributed by atoms with Gasteiger partial charge in [0.15, 0.2) is 0 Å². The van der Waals surface area contributed by atoms with Crippen molar-refractivity contribution in [2.75, 3.05) is 10.6 Å². The Hall–Kier alpha value is -2.70. The molecule has 0 radical (unpaired) electrons. The molecule has 136 valence electrons. The molecule has 0 bridgehead atoms. The van der Waals surface area contributed by atoms with Gasteiger partial charge in [-0.2, -0.15) is 4.98 Å². The van der Waals surface area contributed by atoms with Crippen LogP contribution in [0.1, 0.15) is 17.8 Å². The molecule has 2 aromatic heterocycles. The highest BCUT2D eigenvalue weighted by Crippen LogP contribution is 2.29. The summed E-state index contributed by atoms with van der Waals surface area (Å²) in [6.07, 6.45) is 0. The van der Waals surface area contributed by atoms with E-state index in [4.69, 9.17) is 11.6 Å². The van der Waals surface area contributed by atoms with Gasteiger partial charge in [-0.1, -0.05) is 29.8 Å². The molecular weight excluding hydrogens is 383 g/mol. The predicted molar refractivity (Wildman–Crippen MR) is 111 cm³/mol. The molecule has 0 aliphatic heterocycles. The molecule has 4 rings (SSSR count). The number of para-hydroxylation sites is 1. The Morgan fingerprint density at radius 3 is 2.70 bits per heavy atom. The van der Waals surface area contributed by atoms with Crippen molar-refractivity contribution in [3.8, 4) is 0 Å². The number of nitrogens with zero attached hydrogens (tertiary/aromatic N) is 2. The van der Waals surface area contributed by atoms with Gasteiger partial charge in [0.05, 0.1) is 16.6 Å². The quantitative estimate of drug-likeness (QED) is 0.408. The fourth-order valence-corrected chi connectivity index (χ4v) is 3.67. The van der Waals surface area contributed by atoms with Crippen LogP contribution in [0, 0.1) is 5.82 Å². The van der Waals surface area contributed by atoms with E-state index in [2.05, 4.69) is 39.0 Å². The molecule has 1 unspecified atom stereocenters. The van der Waals surface area contributed by atoms with Gasteiger partial charge < -0.3 is 10.6 Å². The minimum absolute atomic E-state index is 0.0467. The Bertz CT molecular complexity index is 1080. The van der Waals surface area contributed by atoms with Crippen molar-refractivity contribution >= 4 is 51.3 Å². The molecule has 2 N–H and O–H groups in total. The zero-order chi connectivity index (χ0) is 18.8. The Morgan fingerprint density at radius 1 is 1.07 bits per heavy atom. The molecule has 4 aromatic rings. The minimum Gasteiger partial charge on any atom is -0.362 e. The van der Waals surface area contributed by atoms with Crippen molar-refractivity contribution in [3.63, 3.8) is 0 Å². The first kappa shape index (κ1) is 17.7. The largest absolute Gasteiger partial charge is 0.362 e. The molecule has 1 atom stereocenters. The number of benzene rings is 2. The fraction of sp³-hybridized carbons (Fsp3) is 0.100. The van der Waals surface area contributed by atoms with E-state index >= 15 is 0 Å². The number of fused-ring (bicyclic) bond motifs is 1. The third-order valence-corrected chi connectivity index (χ3v) is 5.45. The second-order valence-corrected chi connectivity index (χ2v) is 7.43. The minimum atomic E-state index is -0.464. The molecule has 4 nitrogen and oxygen atoms in total. The molecule has 0 spiro atoms. The maximum Gasteiger partial charge on any atom is 0.229 e. The van der Waals surface area contributed by atoms with Crippen LogP contribution >= 0.6 is 22.9 Å². The van der Waals surface area contributed by atoms with Crippen LogP contribution in [-0.2, 0) is 0 Å². The van der Waals surface area contributed by atoms with Crippen LogP contribution in [0.25, 0.3) is 10.9 Å². The molecular formula is C20H16ClFN4S. The van der Waals surface area contributed by atoms with Crippen molar-refractivity contribution in [2.24, 2.45) is 0 Å². The summed E-state index contributed by atoms with van der Waals surface area (Å²) < 4.78 is 13.4. The Kier molecular flexibility index (Phi) is 4.92.